The van der Waals surface area contributed by atoms with E-state index in [-0.39, 0.29) is 23.1 Å². The van der Waals surface area contributed by atoms with E-state index in [1.807, 2.05) is 42.6 Å². The van der Waals surface area contributed by atoms with Gasteiger partial charge in [0.05, 0.1) is 11.1 Å². The van der Waals surface area contributed by atoms with Crippen molar-refractivity contribution in [1.82, 2.24) is 4.98 Å². The Morgan fingerprint density at radius 1 is 1.17 bits per heavy atom. The van der Waals surface area contributed by atoms with Gasteiger partial charge in [0.1, 0.15) is 0 Å². The Balaban J connectivity index is 1.75. The SMILES string of the molecule is CC12CCC(C(=O)N(c3nc(-c4ccccc4)cs3)C1=O)C2(C)C. The van der Waals surface area contributed by atoms with Crippen molar-refractivity contribution in [3.63, 3.8) is 0 Å². The Morgan fingerprint density at radius 3 is 2.58 bits per heavy atom. The van der Waals surface area contributed by atoms with Crippen LogP contribution >= 0.6 is 11.3 Å². The lowest BCUT2D eigenvalue weighted by Crippen LogP contribution is -2.59. The molecule has 4 rings (SSSR count). The third-order valence-corrected chi connectivity index (χ3v) is 7.00. The summed E-state index contributed by atoms with van der Waals surface area (Å²) in [6.07, 6.45) is 1.55. The summed E-state index contributed by atoms with van der Waals surface area (Å²) in [5.41, 5.74) is 1.01. The normalized spacial score (nSPS) is 28.5. The zero-order valence-corrected chi connectivity index (χ0v) is 14.9. The van der Waals surface area contributed by atoms with Gasteiger partial charge in [0.15, 0.2) is 5.13 Å². The Kier molecular flexibility index (Phi) is 3.23. The number of anilines is 1. The maximum absolute atomic E-state index is 13.1. The molecule has 1 saturated carbocycles. The second-order valence-corrected chi connectivity index (χ2v) is 8.34. The number of aromatic nitrogens is 1. The lowest BCUT2D eigenvalue weighted by molar-refractivity contribution is -0.146. The van der Waals surface area contributed by atoms with Gasteiger partial charge in [-0.15, -0.1) is 11.3 Å². The number of nitrogens with zero attached hydrogens (tertiary/aromatic N) is 2. The number of rotatable bonds is 2. The molecule has 1 aromatic heterocycles. The number of fused-ring (bicyclic) bond motifs is 2. The number of carbonyl (C=O) groups is 2. The molecule has 24 heavy (non-hydrogen) atoms. The number of thiazole rings is 1. The first-order valence-electron chi connectivity index (χ1n) is 8.25. The van der Waals surface area contributed by atoms with Crippen molar-refractivity contribution in [2.24, 2.45) is 16.7 Å². The summed E-state index contributed by atoms with van der Waals surface area (Å²) in [4.78, 5) is 32.0. The molecule has 4 nitrogen and oxygen atoms in total. The average molecular weight is 340 g/mol. The van der Waals surface area contributed by atoms with E-state index in [0.717, 1.165) is 24.1 Å². The fourth-order valence-electron chi connectivity index (χ4n) is 4.11. The van der Waals surface area contributed by atoms with Crippen LogP contribution in [0.25, 0.3) is 11.3 Å². The van der Waals surface area contributed by atoms with Crippen LogP contribution in [0.5, 0.6) is 0 Å². The van der Waals surface area contributed by atoms with Gasteiger partial charge in [-0.2, -0.15) is 0 Å². The maximum atomic E-state index is 13.1. The molecule has 0 spiro atoms. The second kappa shape index (κ2) is 4.99. The minimum absolute atomic E-state index is 0.0889. The van der Waals surface area contributed by atoms with Gasteiger partial charge in [-0.05, 0) is 18.3 Å². The molecule has 2 amide bonds. The van der Waals surface area contributed by atoms with Crippen LogP contribution in [0.4, 0.5) is 5.13 Å². The van der Waals surface area contributed by atoms with Gasteiger partial charge in [-0.1, -0.05) is 51.1 Å². The molecule has 2 unspecified atom stereocenters. The molecule has 124 valence electrons. The summed E-state index contributed by atoms with van der Waals surface area (Å²) in [7, 11) is 0. The van der Waals surface area contributed by atoms with Crippen LogP contribution < -0.4 is 4.90 Å². The summed E-state index contributed by atoms with van der Waals surface area (Å²) in [5.74, 6) is -0.293. The standard InChI is InChI=1S/C19H20N2O2S/c1-18(2)13-9-10-19(18,3)16(23)21(15(13)22)17-20-14(11-24-17)12-7-5-4-6-8-12/h4-8,11,13H,9-10H2,1-3H3. The minimum atomic E-state index is -0.496. The lowest BCUT2D eigenvalue weighted by Gasteiger charge is -2.46. The minimum Gasteiger partial charge on any atom is -0.274 e. The van der Waals surface area contributed by atoms with Gasteiger partial charge in [0.25, 0.3) is 0 Å². The summed E-state index contributed by atoms with van der Waals surface area (Å²) in [6.45, 7) is 6.10. The third-order valence-electron chi connectivity index (χ3n) is 6.17. The van der Waals surface area contributed by atoms with Gasteiger partial charge in [0.2, 0.25) is 11.8 Å². The molecule has 5 heteroatoms. The van der Waals surface area contributed by atoms with Gasteiger partial charge in [-0.25, -0.2) is 9.88 Å². The average Bonchev–Trinajstić information content (AvgIpc) is 3.10. The molecular weight excluding hydrogens is 320 g/mol. The molecule has 2 aromatic rings. The Morgan fingerprint density at radius 2 is 1.88 bits per heavy atom. The molecular formula is C19H20N2O2S. The molecule has 0 N–H and O–H groups in total. The zero-order chi connectivity index (χ0) is 17.1. The summed E-state index contributed by atoms with van der Waals surface area (Å²) < 4.78 is 0. The van der Waals surface area contributed by atoms with E-state index in [1.54, 1.807) is 0 Å². The highest BCUT2D eigenvalue weighted by Crippen LogP contribution is 2.60. The summed E-state index contributed by atoms with van der Waals surface area (Å²) in [6, 6.07) is 9.82. The molecule has 0 radical (unpaired) electrons. The van der Waals surface area contributed by atoms with Crippen molar-refractivity contribution in [3.05, 3.63) is 35.7 Å². The zero-order valence-electron chi connectivity index (χ0n) is 14.1. The van der Waals surface area contributed by atoms with Gasteiger partial charge in [-0.3, -0.25) is 9.59 Å². The molecule has 1 aliphatic heterocycles. The van der Waals surface area contributed by atoms with Crippen LogP contribution in [0, 0.1) is 16.7 Å². The number of piperidine rings is 1. The number of hydrogen-bond donors (Lipinski definition) is 0. The monoisotopic (exact) mass is 340 g/mol. The number of imide groups is 1. The van der Waals surface area contributed by atoms with E-state index in [9.17, 15) is 9.59 Å². The van der Waals surface area contributed by atoms with Crippen molar-refractivity contribution in [1.29, 1.82) is 0 Å². The fourth-order valence-corrected chi connectivity index (χ4v) is 4.94. The highest BCUT2D eigenvalue weighted by atomic mass is 32.1. The summed E-state index contributed by atoms with van der Waals surface area (Å²) in [5, 5.41) is 2.41. The number of carbonyl (C=O) groups excluding carboxylic acids is 2. The van der Waals surface area contributed by atoms with Crippen LogP contribution in [0.15, 0.2) is 35.7 Å². The van der Waals surface area contributed by atoms with Crippen LogP contribution in [0.1, 0.15) is 33.6 Å². The van der Waals surface area contributed by atoms with Gasteiger partial charge >= 0.3 is 0 Å². The van der Waals surface area contributed by atoms with E-state index in [4.69, 9.17) is 0 Å². The second-order valence-electron chi connectivity index (χ2n) is 7.51. The Hall–Kier alpha value is -2.01. The quantitative estimate of drug-likeness (QED) is 0.773. The van der Waals surface area contributed by atoms with Crippen molar-refractivity contribution in [2.45, 2.75) is 33.6 Å². The molecule has 2 aliphatic rings. The molecule has 2 heterocycles. The van der Waals surface area contributed by atoms with E-state index in [0.29, 0.717) is 5.13 Å². The summed E-state index contributed by atoms with van der Waals surface area (Å²) >= 11 is 1.36. The molecule has 1 saturated heterocycles. The van der Waals surface area contributed by atoms with Crippen molar-refractivity contribution >= 4 is 28.3 Å². The van der Waals surface area contributed by atoms with Crippen molar-refractivity contribution in [3.8, 4) is 11.3 Å². The first-order chi connectivity index (χ1) is 11.4. The highest BCUT2D eigenvalue weighted by Gasteiger charge is 2.65. The first kappa shape index (κ1) is 15.5. The number of benzene rings is 1. The predicted octanol–water partition coefficient (Wildman–Crippen LogP) is 4.13. The Bertz CT molecular complexity index is 827. The Labute approximate surface area is 145 Å². The van der Waals surface area contributed by atoms with E-state index < -0.39 is 5.41 Å². The fraction of sp³-hybridized carbons (Fsp3) is 0.421. The smallest absolute Gasteiger partial charge is 0.242 e. The van der Waals surface area contributed by atoms with Gasteiger partial charge < -0.3 is 0 Å². The maximum Gasteiger partial charge on any atom is 0.242 e. The van der Waals surface area contributed by atoms with Gasteiger partial charge in [0, 0.05) is 16.9 Å². The van der Waals surface area contributed by atoms with Crippen LogP contribution in [0.3, 0.4) is 0 Å². The third kappa shape index (κ3) is 1.88. The van der Waals surface area contributed by atoms with Crippen LogP contribution in [-0.4, -0.2) is 16.8 Å². The van der Waals surface area contributed by atoms with Crippen molar-refractivity contribution < 1.29 is 9.59 Å². The molecule has 2 fully saturated rings. The van der Waals surface area contributed by atoms with Crippen LogP contribution in [0.2, 0.25) is 0 Å². The van der Waals surface area contributed by atoms with E-state index in [1.165, 1.54) is 16.2 Å². The topological polar surface area (TPSA) is 50.3 Å². The lowest BCUT2D eigenvalue weighted by atomic mass is 9.62. The number of amides is 2. The highest BCUT2D eigenvalue weighted by molar-refractivity contribution is 7.14. The van der Waals surface area contributed by atoms with E-state index in [2.05, 4.69) is 18.8 Å². The predicted molar refractivity (Wildman–Crippen MR) is 94.7 cm³/mol. The molecule has 2 atom stereocenters. The van der Waals surface area contributed by atoms with Crippen molar-refractivity contribution in [2.75, 3.05) is 4.90 Å². The molecule has 1 aliphatic carbocycles. The first-order valence-corrected chi connectivity index (χ1v) is 9.13. The molecule has 1 aromatic carbocycles. The number of hydrogen-bond acceptors (Lipinski definition) is 4. The van der Waals surface area contributed by atoms with E-state index >= 15 is 0 Å². The molecule has 2 bridgehead atoms. The largest absolute Gasteiger partial charge is 0.274 e. The van der Waals surface area contributed by atoms with Crippen LogP contribution in [-0.2, 0) is 9.59 Å².